The summed E-state index contributed by atoms with van der Waals surface area (Å²) in [6, 6.07) is 12.1. The number of hydrogen-bond acceptors (Lipinski definition) is 2. The van der Waals surface area contributed by atoms with E-state index >= 15 is 0 Å². The van der Waals surface area contributed by atoms with Crippen molar-refractivity contribution in [2.24, 2.45) is 0 Å². The molecule has 1 aromatic heterocycles. The minimum absolute atomic E-state index is 0.0617. The maximum absolute atomic E-state index is 13.5. The molecular weight excluding hydrogens is 355 g/mol. The smallest absolute Gasteiger partial charge is 0.358 e. The molecule has 1 N–H and O–H groups in total. The van der Waals surface area contributed by atoms with E-state index in [0.717, 1.165) is 11.6 Å². The van der Waals surface area contributed by atoms with Crippen molar-refractivity contribution in [2.75, 3.05) is 0 Å². The first-order valence-corrected chi connectivity index (χ1v) is 8.34. The molecule has 2 aromatic carbocycles. The van der Waals surface area contributed by atoms with Gasteiger partial charge in [-0.1, -0.05) is 36.4 Å². The van der Waals surface area contributed by atoms with E-state index < -0.39 is 29.7 Å². The molecule has 0 amide bonds. The van der Waals surface area contributed by atoms with Crippen molar-refractivity contribution in [1.82, 2.24) is 4.98 Å². The molecule has 1 aliphatic carbocycles. The van der Waals surface area contributed by atoms with Gasteiger partial charge in [-0.25, -0.2) is 0 Å². The summed E-state index contributed by atoms with van der Waals surface area (Å²) in [7, 11) is 0. The van der Waals surface area contributed by atoms with Crippen LogP contribution in [0, 0.1) is 6.92 Å². The van der Waals surface area contributed by atoms with Crippen LogP contribution >= 0.6 is 0 Å². The molecule has 0 saturated heterocycles. The van der Waals surface area contributed by atoms with Gasteiger partial charge in [-0.3, -0.25) is 9.59 Å². The Labute approximate surface area is 152 Å². The molecule has 1 aliphatic rings. The summed E-state index contributed by atoms with van der Waals surface area (Å²) in [5, 5.41) is 0.704. The zero-order valence-corrected chi connectivity index (χ0v) is 14.3. The highest BCUT2D eigenvalue weighted by Gasteiger charge is 2.40. The fraction of sp³-hybridized carbons (Fsp3) is 0.143. The van der Waals surface area contributed by atoms with Gasteiger partial charge in [0.2, 0.25) is 0 Å². The number of aromatic nitrogens is 1. The van der Waals surface area contributed by atoms with E-state index in [0.29, 0.717) is 16.6 Å². The van der Waals surface area contributed by atoms with Crippen LogP contribution in [0.15, 0.2) is 48.5 Å². The fourth-order valence-electron chi connectivity index (χ4n) is 3.70. The number of H-pyrrole nitrogens is 1. The van der Waals surface area contributed by atoms with Crippen molar-refractivity contribution in [2.45, 2.75) is 19.5 Å². The summed E-state index contributed by atoms with van der Waals surface area (Å²) in [6.45, 7) is 1.74. The minimum Gasteiger partial charge on any atom is -0.358 e. The van der Waals surface area contributed by atoms with E-state index in [9.17, 15) is 22.8 Å². The second-order valence-corrected chi connectivity index (χ2v) is 6.49. The van der Waals surface area contributed by atoms with Gasteiger partial charge in [-0.2, -0.15) is 13.2 Å². The predicted octanol–water partition coefficient (Wildman–Crippen LogP) is 4.95. The summed E-state index contributed by atoms with van der Waals surface area (Å²) < 4.78 is 40.5. The van der Waals surface area contributed by atoms with E-state index in [1.54, 1.807) is 19.1 Å². The Balaban J connectivity index is 2.09. The normalized spacial score (nSPS) is 15.3. The lowest BCUT2D eigenvalue weighted by Crippen LogP contribution is -2.10. The van der Waals surface area contributed by atoms with Crippen LogP contribution in [0.1, 0.15) is 28.8 Å². The van der Waals surface area contributed by atoms with E-state index in [-0.39, 0.29) is 16.7 Å². The number of alkyl halides is 3. The maximum Gasteiger partial charge on any atom is 0.417 e. The molecule has 0 aliphatic heterocycles. The number of halogens is 3. The highest BCUT2D eigenvalue weighted by Crippen LogP contribution is 2.43. The van der Waals surface area contributed by atoms with Gasteiger partial charge < -0.3 is 4.98 Å². The minimum atomic E-state index is -4.63. The lowest BCUT2D eigenvalue weighted by Gasteiger charge is -2.14. The number of rotatable bonds is 2. The third-order valence-corrected chi connectivity index (χ3v) is 4.77. The van der Waals surface area contributed by atoms with Crippen molar-refractivity contribution in [3.05, 3.63) is 70.9 Å². The van der Waals surface area contributed by atoms with E-state index in [4.69, 9.17) is 0 Å². The molecule has 0 saturated carbocycles. The van der Waals surface area contributed by atoms with Crippen molar-refractivity contribution >= 4 is 33.6 Å². The molecule has 3 nitrogen and oxygen atoms in total. The van der Waals surface area contributed by atoms with Gasteiger partial charge in [-0.05, 0) is 24.6 Å². The zero-order chi connectivity index (χ0) is 19.3. The zero-order valence-electron chi connectivity index (χ0n) is 14.3. The number of benzene rings is 2. The van der Waals surface area contributed by atoms with Crippen LogP contribution in [-0.2, 0) is 15.8 Å². The largest absolute Gasteiger partial charge is 0.417 e. The predicted molar refractivity (Wildman–Crippen MR) is 95.9 cm³/mol. The van der Waals surface area contributed by atoms with Crippen LogP contribution < -0.4 is 0 Å². The van der Waals surface area contributed by atoms with Crippen LogP contribution in [0.3, 0.4) is 0 Å². The standard InChI is InChI=1S/C21H14F3NO2/c1-11-18(13-7-3-5-9-15(13)25-11)20-17(27)10-16(26)19(20)12-6-2-4-8-14(12)21(22,23)24/h2-9,25H,10H2,1H3. The SMILES string of the molecule is Cc1[nH]c2ccccc2c1C1=C(c2ccccc2C(F)(F)F)C(=O)CC1=O. The Morgan fingerprint density at radius 3 is 2.26 bits per heavy atom. The molecule has 0 fully saturated rings. The quantitative estimate of drug-likeness (QED) is 0.650. The Bertz CT molecular complexity index is 1140. The molecule has 136 valence electrons. The molecular formula is C21H14F3NO2. The second-order valence-electron chi connectivity index (χ2n) is 6.49. The maximum atomic E-state index is 13.5. The molecule has 4 rings (SSSR count). The number of ketones is 2. The number of allylic oxidation sites excluding steroid dienone is 2. The molecule has 0 spiro atoms. The Morgan fingerprint density at radius 2 is 1.52 bits per heavy atom. The number of aromatic amines is 1. The van der Waals surface area contributed by atoms with Crippen molar-refractivity contribution in [1.29, 1.82) is 0 Å². The molecule has 0 atom stereocenters. The van der Waals surface area contributed by atoms with Crippen LogP contribution in [-0.4, -0.2) is 16.6 Å². The van der Waals surface area contributed by atoms with Crippen molar-refractivity contribution in [3.8, 4) is 0 Å². The lowest BCUT2D eigenvalue weighted by atomic mass is 9.91. The van der Waals surface area contributed by atoms with Gasteiger partial charge in [0.05, 0.1) is 12.0 Å². The third-order valence-electron chi connectivity index (χ3n) is 4.77. The Morgan fingerprint density at radius 1 is 0.889 bits per heavy atom. The third kappa shape index (κ3) is 2.68. The average molecular weight is 369 g/mol. The second kappa shape index (κ2) is 5.94. The summed E-state index contributed by atoms with van der Waals surface area (Å²) >= 11 is 0. The molecule has 0 unspecified atom stereocenters. The van der Waals surface area contributed by atoms with Gasteiger partial charge >= 0.3 is 6.18 Å². The number of hydrogen-bond donors (Lipinski definition) is 1. The topological polar surface area (TPSA) is 49.9 Å². The van der Waals surface area contributed by atoms with E-state index in [1.807, 2.05) is 12.1 Å². The van der Waals surface area contributed by atoms with Crippen LogP contribution in [0.5, 0.6) is 0 Å². The first-order chi connectivity index (χ1) is 12.8. The summed E-state index contributed by atoms with van der Waals surface area (Å²) in [5.41, 5.74) is 0.628. The van der Waals surface area contributed by atoms with Gasteiger partial charge in [0, 0.05) is 33.3 Å². The molecule has 6 heteroatoms. The first-order valence-electron chi connectivity index (χ1n) is 8.34. The van der Waals surface area contributed by atoms with Gasteiger partial charge in [0.25, 0.3) is 0 Å². The van der Waals surface area contributed by atoms with E-state index in [1.165, 1.54) is 18.2 Å². The van der Waals surface area contributed by atoms with E-state index in [2.05, 4.69) is 4.98 Å². The van der Waals surface area contributed by atoms with Gasteiger partial charge in [-0.15, -0.1) is 0 Å². The Hall–Kier alpha value is -3.15. The van der Waals surface area contributed by atoms with Crippen LogP contribution in [0.4, 0.5) is 13.2 Å². The van der Waals surface area contributed by atoms with Gasteiger partial charge in [0.15, 0.2) is 11.6 Å². The average Bonchev–Trinajstić information content (AvgIpc) is 3.08. The summed E-state index contributed by atoms with van der Waals surface area (Å²) in [6.07, 6.45) is -5.05. The molecule has 0 radical (unpaired) electrons. The highest BCUT2D eigenvalue weighted by molar-refractivity contribution is 6.52. The highest BCUT2D eigenvalue weighted by atomic mass is 19.4. The summed E-state index contributed by atoms with van der Waals surface area (Å²) in [4.78, 5) is 28.3. The summed E-state index contributed by atoms with van der Waals surface area (Å²) in [5.74, 6) is -1.05. The number of carbonyl (C=O) groups is 2. The number of carbonyl (C=O) groups excluding carboxylic acids is 2. The monoisotopic (exact) mass is 369 g/mol. The number of nitrogens with one attached hydrogen (secondary N) is 1. The van der Waals surface area contributed by atoms with Crippen LogP contribution in [0.2, 0.25) is 0 Å². The molecule has 3 aromatic rings. The molecule has 1 heterocycles. The molecule has 0 bridgehead atoms. The van der Waals surface area contributed by atoms with Crippen LogP contribution in [0.25, 0.3) is 22.0 Å². The van der Waals surface area contributed by atoms with Crippen molar-refractivity contribution < 1.29 is 22.8 Å². The Kier molecular flexibility index (Phi) is 3.80. The fourth-order valence-corrected chi connectivity index (χ4v) is 3.70. The number of fused-ring (bicyclic) bond motifs is 1. The van der Waals surface area contributed by atoms with Crippen molar-refractivity contribution in [3.63, 3.8) is 0 Å². The number of para-hydroxylation sites is 1. The number of Topliss-reactive ketones (excluding diaryl/α,β-unsaturated/α-hetero) is 2. The lowest BCUT2D eigenvalue weighted by molar-refractivity contribution is -0.137. The van der Waals surface area contributed by atoms with Gasteiger partial charge in [0.1, 0.15) is 0 Å². The molecule has 27 heavy (non-hydrogen) atoms. The first kappa shape index (κ1) is 17.3. The number of aryl methyl sites for hydroxylation is 1.